The summed E-state index contributed by atoms with van der Waals surface area (Å²) in [5.41, 5.74) is 3.99. The number of carbonyl (C=O) groups is 2. The molecule has 0 saturated carbocycles. The molecule has 1 fully saturated rings. The Bertz CT molecular complexity index is 1170. The molecule has 1 aliphatic heterocycles. The van der Waals surface area contributed by atoms with Crippen LogP contribution in [0.4, 0.5) is 0 Å². The number of esters is 1. The van der Waals surface area contributed by atoms with E-state index in [-0.39, 0.29) is 17.9 Å². The zero-order chi connectivity index (χ0) is 23.2. The third-order valence-corrected chi connectivity index (χ3v) is 6.17. The fourth-order valence-electron chi connectivity index (χ4n) is 4.52. The lowest BCUT2D eigenvalue weighted by atomic mass is 9.89. The molecule has 2 atom stereocenters. The second kappa shape index (κ2) is 10.1. The van der Waals surface area contributed by atoms with Crippen LogP contribution in [0.25, 0.3) is 11.1 Å². The molecule has 1 saturated heterocycles. The average molecular weight is 440 g/mol. The van der Waals surface area contributed by atoms with Crippen LogP contribution in [0.1, 0.15) is 34.3 Å². The fraction of sp³-hybridized carbons (Fsp3) is 0.259. The summed E-state index contributed by atoms with van der Waals surface area (Å²) < 4.78 is 5.10. The van der Waals surface area contributed by atoms with Crippen LogP contribution >= 0.6 is 0 Å². The normalized spacial score (nSPS) is 16.1. The average Bonchev–Trinajstić information content (AvgIpc) is 3.36. The molecule has 0 aliphatic carbocycles. The first-order chi connectivity index (χ1) is 16.1. The van der Waals surface area contributed by atoms with Crippen LogP contribution < -0.4 is 0 Å². The van der Waals surface area contributed by atoms with Crippen molar-refractivity contribution in [2.75, 3.05) is 13.7 Å². The summed E-state index contributed by atoms with van der Waals surface area (Å²) in [5.74, 6) is -0.922. The van der Waals surface area contributed by atoms with Crippen molar-refractivity contribution in [1.82, 2.24) is 9.88 Å². The van der Waals surface area contributed by atoms with Crippen molar-refractivity contribution in [3.63, 3.8) is 0 Å². The Labute approximate surface area is 193 Å². The maximum Gasteiger partial charge on any atom is 0.311 e. The number of pyridine rings is 1. The molecule has 2 aromatic carbocycles. The number of aromatic nitrogens is 1. The van der Waals surface area contributed by atoms with Crippen LogP contribution in [0, 0.1) is 17.2 Å². The van der Waals surface area contributed by atoms with Crippen molar-refractivity contribution in [2.45, 2.75) is 25.3 Å². The van der Waals surface area contributed by atoms with Gasteiger partial charge in [0.2, 0.25) is 0 Å². The largest absolute Gasteiger partial charge is 0.469 e. The van der Waals surface area contributed by atoms with E-state index in [0.29, 0.717) is 24.1 Å². The molecule has 1 aliphatic rings. The van der Waals surface area contributed by atoms with E-state index in [4.69, 9.17) is 4.74 Å². The fourth-order valence-corrected chi connectivity index (χ4v) is 4.52. The predicted octanol–water partition coefficient (Wildman–Crippen LogP) is 4.26. The van der Waals surface area contributed by atoms with Crippen LogP contribution in [0.15, 0.2) is 73.1 Å². The summed E-state index contributed by atoms with van der Waals surface area (Å²) in [4.78, 5) is 32.1. The Morgan fingerprint density at radius 2 is 1.97 bits per heavy atom. The smallest absolute Gasteiger partial charge is 0.311 e. The standard InChI is InChI=1S/C27H25N3O3/c1-33-27(32)24(16-19-5-2-6-20(15-19)17-28)25-8-4-14-30(25)26(31)22-11-9-21(10-12-22)23-7-3-13-29-18-23/h2-3,5-7,9-13,15,18,24-25H,4,8,14,16H2,1H3. The molecule has 0 spiro atoms. The molecule has 3 aromatic rings. The number of nitriles is 1. The Morgan fingerprint density at radius 1 is 1.15 bits per heavy atom. The molecule has 0 N–H and O–H groups in total. The maximum absolute atomic E-state index is 13.4. The Hall–Kier alpha value is -3.98. The summed E-state index contributed by atoms with van der Waals surface area (Å²) in [5, 5.41) is 9.20. The number of benzene rings is 2. The first-order valence-corrected chi connectivity index (χ1v) is 11.0. The predicted molar refractivity (Wildman–Crippen MR) is 124 cm³/mol. The molecule has 166 valence electrons. The van der Waals surface area contributed by atoms with Gasteiger partial charge >= 0.3 is 5.97 Å². The molecular formula is C27H25N3O3. The Kier molecular flexibility index (Phi) is 6.80. The highest BCUT2D eigenvalue weighted by atomic mass is 16.5. The van der Waals surface area contributed by atoms with E-state index in [0.717, 1.165) is 29.5 Å². The molecule has 2 heterocycles. The molecule has 1 aromatic heterocycles. The number of ether oxygens (including phenoxy) is 1. The van der Waals surface area contributed by atoms with Gasteiger partial charge in [0.1, 0.15) is 0 Å². The summed E-state index contributed by atoms with van der Waals surface area (Å²) in [7, 11) is 1.37. The van der Waals surface area contributed by atoms with Gasteiger partial charge in [-0.1, -0.05) is 30.3 Å². The zero-order valence-electron chi connectivity index (χ0n) is 18.5. The number of rotatable bonds is 6. The van der Waals surface area contributed by atoms with Gasteiger partial charge < -0.3 is 9.64 Å². The van der Waals surface area contributed by atoms with Gasteiger partial charge in [-0.15, -0.1) is 0 Å². The van der Waals surface area contributed by atoms with Crippen molar-refractivity contribution in [1.29, 1.82) is 5.26 Å². The van der Waals surface area contributed by atoms with Gasteiger partial charge in [0.05, 0.1) is 24.7 Å². The van der Waals surface area contributed by atoms with Crippen LogP contribution in [0.2, 0.25) is 0 Å². The number of hydrogen-bond acceptors (Lipinski definition) is 5. The van der Waals surface area contributed by atoms with Crippen LogP contribution in [-0.4, -0.2) is 41.5 Å². The van der Waals surface area contributed by atoms with E-state index in [9.17, 15) is 14.9 Å². The third kappa shape index (κ3) is 4.93. The minimum atomic E-state index is -0.495. The van der Waals surface area contributed by atoms with Gasteiger partial charge in [0, 0.05) is 30.5 Å². The van der Waals surface area contributed by atoms with Crippen molar-refractivity contribution in [3.05, 3.63) is 89.7 Å². The molecule has 4 rings (SSSR count). The first-order valence-electron chi connectivity index (χ1n) is 11.0. The van der Waals surface area contributed by atoms with E-state index >= 15 is 0 Å². The topological polar surface area (TPSA) is 83.3 Å². The van der Waals surface area contributed by atoms with E-state index in [2.05, 4.69) is 11.1 Å². The van der Waals surface area contributed by atoms with Crippen LogP contribution in [0.3, 0.4) is 0 Å². The van der Waals surface area contributed by atoms with E-state index in [1.807, 2.05) is 48.5 Å². The minimum absolute atomic E-state index is 0.0880. The highest BCUT2D eigenvalue weighted by molar-refractivity contribution is 5.95. The lowest BCUT2D eigenvalue weighted by Gasteiger charge is -2.30. The van der Waals surface area contributed by atoms with Gasteiger partial charge in [-0.3, -0.25) is 14.6 Å². The lowest BCUT2D eigenvalue weighted by molar-refractivity contribution is -0.147. The van der Waals surface area contributed by atoms with Crippen molar-refractivity contribution >= 4 is 11.9 Å². The van der Waals surface area contributed by atoms with Gasteiger partial charge in [0.15, 0.2) is 0 Å². The SMILES string of the molecule is COC(=O)C(Cc1cccc(C#N)c1)C1CCCN1C(=O)c1ccc(-c2cccnc2)cc1. The monoisotopic (exact) mass is 439 g/mol. The Morgan fingerprint density at radius 3 is 2.67 bits per heavy atom. The third-order valence-electron chi connectivity index (χ3n) is 6.17. The minimum Gasteiger partial charge on any atom is -0.469 e. The van der Waals surface area contributed by atoms with Gasteiger partial charge in [0.25, 0.3) is 5.91 Å². The van der Waals surface area contributed by atoms with Crippen LogP contribution in [0.5, 0.6) is 0 Å². The van der Waals surface area contributed by atoms with Crippen molar-refractivity contribution in [3.8, 4) is 17.2 Å². The van der Waals surface area contributed by atoms with E-state index in [1.54, 1.807) is 29.4 Å². The van der Waals surface area contributed by atoms with Gasteiger partial charge in [-0.2, -0.15) is 5.26 Å². The van der Waals surface area contributed by atoms with E-state index in [1.165, 1.54) is 7.11 Å². The molecule has 6 heteroatoms. The highest BCUT2D eigenvalue weighted by Gasteiger charge is 2.39. The highest BCUT2D eigenvalue weighted by Crippen LogP contribution is 2.30. The van der Waals surface area contributed by atoms with Crippen molar-refractivity contribution in [2.24, 2.45) is 5.92 Å². The molecule has 6 nitrogen and oxygen atoms in total. The molecular weight excluding hydrogens is 414 g/mol. The Balaban J connectivity index is 1.56. The summed E-state index contributed by atoms with van der Waals surface area (Å²) in [6.07, 6.45) is 5.49. The number of methoxy groups -OCH3 is 1. The second-order valence-electron chi connectivity index (χ2n) is 8.17. The molecule has 33 heavy (non-hydrogen) atoms. The number of likely N-dealkylation sites (tertiary alicyclic amines) is 1. The molecule has 0 radical (unpaired) electrons. The van der Waals surface area contributed by atoms with Gasteiger partial charge in [-0.05, 0) is 66.3 Å². The number of hydrogen-bond donors (Lipinski definition) is 0. The number of nitrogens with zero attached hydrogens (tertiary/aromatic N) is 3. The molecule has 1 amide bonds. The number of amides is 1. The quantitative estimate of drug-likeness (QED) is 0.536. The number of carbonyl (C=O) groups excluding carboxylic acids is 2. The van der Waals surface area contributed by atoms with Gasteiger partial charge in [-0.25, -0.2) is 0 Å². The maximum atomic E-state index is 13.4. The van der Waals surface area contributed by atoms with Crippen molar-refractivity contribution < 1.29 is 14.3 Å². The van der Waals surface area contributed by atoms with Crippen LogP contribution in [-0.2, 0) is 16.0 Å². The summed E-state index contributed by atoms with van der Waals surface area (Å²) in [6.45, 7) is 0.597. The molecule has 0 bridgehead atoms. The zero-order valence-corrected chi connectivity index (χ0v) is 18.5. The summed E-state index contributed by atoms with van der Waals surface area (Å²) >= 11 is 0. The first kappa shape index (κ1) is 22.2. The summed E-state index contributed by atoms with van der Waals surface area (Å²) in [6, 6.07) is 20.4. The second-order valence-corrected chi connectivity index (χ2v) is 8.17. The molecule has 2 unspecified atom stereocenters. The van der Waals surface area contributed by atoms with E-state index < -0.39 is 5.92 Å². The lowest BCUT2D eigenvalue weighted by Crippen LogP contribution is -2.44.